The molecule has 5 aliphatic rings. The first-order valence-corrected chi connectivity index (χ1v) is 14.4. The van der Waals surface area contributed by atoms with Crippen molar-refractivity contribution in [3.05, 3.63) is 0 Å². The van der Waals surface area contributed by atoms with Gasteiger partial charge in [-0.05, 0) is 98.2 Å². The number of epoxide rings is 1. The molecule has 1 heterocycles. The zero-order valence-electron chi connectivity index (χ0n) is 22.5. The van der Waals surface area contributed by atoms with E-state index in [0.717, 1.165) is 48.3 Å². The topological polar surface area (TPSA) is 38.8 Å². The maximum absolute atomic E-state index is 11.6. The van der Waals surface area contributed by atoms with Crippen molar-refractivity contribution in [3.8, 4) is 0 Å². The number of carbonyl (C=O) groups excluding carboxylic acids is 1. The SMILES string of the molecule is CC(=O)O[C@@H]1CC[C@]2(C)[C@@H](CC[C@@H]3[C@@H]4CC[C@H]([C@H](C)CC[C@H](C)C(C)C)[C@]4(C)C[C@H]4O[C@@]342)C1. The largest absolute Gasteiger partial charge is 0.463 e. The first-order valence-electron chi connectivity index (χ1n) is 14.4. The van der Waals surface area contributed by atoms with Gasteiger partial charge in [0, 0.05) is 12.3 Å². The molecule has 4 aliphatic carbocycles. The molecule has 0 radical (unpaired) electrons. The van der Waals surface area contributed by atoms with E-state index in [4.69, 9.17) is 9.47 Å². The van der Waals surface area contributed by atoms with Crippen LogP contribution < -0.4 is 0 Å². The van der Waals surface area contributed by atoms with Crippen LogP contribution in [0.3, 0.4) is 0 Å². The zero-order valence-corrected chi connectivity index (χ0v) is 22.5. The molecule has 11 atom stereocenters. The maximum Gasteiger partial charge on any atom is 0.302 e. The van der Waals surface area contributed by atoms with Crippen LogP contribution in [-0.4, -0.2) is 23.8 Å². The van der Waals surface area contributed by atoms with Crippen LogP contribution >= 0.6 is 0 Å². The Bertz CT molecular complexity index is 762. The van der Waals surface area contributed by atoms with Crippen molar-refractivity contribution in [3.63, 3.8) is 0 Å². The Kier molecular flexibility index (Phi) is 6.03. The Morgan fingerprint density at radius 3 is 2.42 bits per heavy atom. The van der Waals surface area contributed by atoms with E-state index in [9.17, 15) is 4.79 Å². The molecule has 3 heteroatoms. The summed E-state index contributed by atoms with van der Waals surface area (Å²) in [5.41, 5.74) is 0.870. The van der Waals surface area contributed by atoms with E-state index in [0.29, 0.717) is 17.4 Å². The van der Waals surface area contributed by atoms with E-state index in [-0.39, 0.29) is 23.1 Å². The third-order valence-corrected chi connectivity index (χ3v) is 12.3. The monoisotopic (exact) mass is 458 g/mol. The van der Waals surface area contributed by atoms with Gasteiger partial charge in [-0.3, -0.25) is 4.79 Å². The van der Waals surface area contributed by atoms with Gasteiger partial charge in [0.05, 0.1) is 6.10 Å². The van der Waals surface area contributed by atoms with Crippen LogP contribution in [0.4, 0.5) is 0 Å². The smallest absolute Gasteiger partial charge is 0.302 e. The first kappa shape index (κ1) is 24.1. The van der Waals surface area contributed by atoms with Crippen molar-refractivity contribution in [1.29, 1.82) is 0 Å². The number of esters is 1. The summed E-state index contributed by atoms with van der Waals surface area (Å²) < 4.78 is 12.6. The molecule has 3 nitrogen and oxygen atoms in total. The quantitative estimate of drug-likeness (QED) is 0.307. The van der Waals surface area contributed by atoms with Crippen LogP contribution in [0.2, 0.25) is 0 Å². The molecule has 4 saturated carbocycles. The van der Waals surface area contributed by atoms with E-state index < -0.39 is 0 Å². The zero-order chi connectivity index (χ0) is 23.8. The molecular weight excluding hydrogens is 408 g/mol. The maximum atomic E-state index is 11.6. The molecule has 0 bridgehead atoms. The van der Waals surface area contributed by atoms with Crippen LogP contribution in [0.5, 0.6) is 0 Å². The van der Waals surface area contributed by atoms with E-state index in [1.807, 2.05) is 0 Å². The Labute approximate surface area is 203 Å². The number of ether oxygens (including phenoxy) is 2. The highest BCUT2D eigenvalue weighted by Gasteiger charge is 2.79. The van der Waals surface area contributed by atoms with Gasteiger partial charge in [0.2, 0.25) is 0 Å². The molecule has 5 rings (SSSR count). The lowest BCUT2D eigenvalue weighted by atomic mass is 9.44. The van der Waals surface area contributed by atoms with Gasteiger partial charge < -0.3 is 9.47 Å². The van der Waals surface area contributed by atoms with Gasteiger partial charge in [0.25, 0.3) is 0 Å². The van der Waals surface area contributed by atoms with Crippen molar-refractivity contribution in [1.82, 2.24) is 0 Å². The van der Waals surface area contributed by atoms with Gasteiger partial charge in [0.15, 0.2) is 0 Å². The molecular formula is C30H50O3. The van der Waals surface area contributed by atoms with Gasteiger partial charge in [-0.25, -0.2) is 0 Å². The van der Waals surface area contributed by atoms with Gasteiger partial charge in [-0.1, -0.05) is 54.4 Å². The standard InChI is InChI=1S/C30H50O3/c1-18(2)19(3)8-9-20(4)24-12-13-25-26-11-10-22-16-23(32-21(5)31)14-15-29(22,7)30(26)27(33-30)17-28(24,25)6/h18-20,22-27H,8-17H2,1-7H3/t19-,20+,22-,23+,24+,25-,26+,27+,28-,29+,30-/m0/s1. The summed E-state index contributed by atoms with van der Waals surface area (Å²) in [6.07, 6.45) is 13.4. The van der Waals surface area contributed by atoms with Crippen LogP contribution in [0.15, 0.2) is 0 Å². The predicted molar refractivity (Wildman–Crippen MR) is 133 cm³/mol. The Balaban J connectivity index is 1.31. The molecule has 0 aromatic carbocycles. The molecule has 188 valence electrons. The summed E-state index contributed by atoms with van der Waals surface area (Å²) in [6.45, 7) is 16.5. The van der Waals surface area contributed by atoms with Crippen molar-refractivity contribution >= 4 is 5.97 Å². The van der Waals surface area contributed by atoms with E-state index in [1.165, 1.54) is 51.4 Å². The minimum absolute atomic E-state index is 0.113. The molecule has 0 unspecified atom stereocenters. The van der Waals surface area contributed by atoms with Crippen molar-refractivity contribution in [2.45, 2.75) is 130 Å². The van der Waals surface area contributed by atoms with E-state index >= 15 is 0 Å². The van der Waals surface area contributed by atoms with Crippen LogP contribution in [0.25, 0.3) is 0 Å². The fourth-order valence-corrected chi connectivity index (χ4v) is 10.0. The van der Waals surface area contributed by atoms with E-state index in [2.05, 4.69) is 41.5 Å². The molecule has 0 aromatic heterocycles. The number of hydrogen-bond donors (Lipinski definition) is 0. The average Bonchev–Trinajstić information content (AvgIpc) is 3.36. The summed E-state index contributed by atoms with van der Waals surface area (Å²) in [5, 5.41) is 0. The molecule has 1 aliphatic heterocycles. The highest BCUT2D eigenvalue weighted by Crippen LogP contribution is 2.77. The van der Waals surface area contributed by atoms with E-state index in [1.54, 1.807) is 6.92 Å². The van der Waals surface area contributed by atoms with Crippen molar-refractivity contribution in [2.24, 2.45) is 52.3 Å². The van der Waals surface area contributed by atoms with Gasteiger partial charge in [-0.15, -0.1) is 0 Å². The lowest BCUT2D eigenvalue weighted by Gasteiger charge is -2.59. The van der Waals surface area contributed by atoms with Gasteiger partial charge in [0.1, 0.15) is 11.7 Å². The highest BCUT2D eigenvalue weighted by molar-refractivity contribution is 5.66. The normalized spacial score (nSPS) is 49.9. The highest BCUT2D eigenvalue weighted by atomic mass is 16.6. The first-order chi connectivity index (χ1) is 15.5. The van der Waals surface area contributed by atoms with Crippen LogP contribution in [0.1, 0.15) is 113 Å². The summed E-state index contributed by atoms with van der Waals surface area (Å²) in [5.74, 6) is 5.46. The van der Waals surface area contributed by atoms with Crippen molar-refractivity contribution in [2.75, 3.05) is 0 Å². The Morgan fingerprint density at radius 2 is 1.73 bits per heavy atom. The molecule has 0 aromatic rings. The van der Waals surface area contributed by atoms with Gasteiger partial charge in [-0.2, -0.15) is 0 Å². The third-order valence-electron chi connectivity index (χ3n) is 12.3. The summed E-state index contributed by atoms with van der Waals surface area (Å²) in [6, 6.07) is 0. The number of carbonyl (C=O) groups is 1. The van der Waals surface area contributed by atoms with Crippen LogP contribution in [0, 0.1) is 52.3 Å². The minimum atomic E-state index is -0.113. The molecule has 0 N–H and O–H groups in total. The fraction of sp³-hybridized carbons (Fsp3) is 0.967. The second kappa shape index (κ2) is 8.24. The van der Waals surface area contributed by atoms with Crippen LogP contribution in [-0.2, 0) is 14.3 Å². The molecule has 1 saturated heterocycles. The lowest BCUT2D eigenvalue weighted by Crippen LogP contribution is -2.60. The minimum Gasteiger partial charge on any atom is -0.463 e. The summed E-state index contributed by atoms with van der Waals surface area (Å²) >= 11 is 0. The number of rotatable bonds is 6. The number of hydrogen-bond acceptors (Lipinski definition) is 3. The third kappa shape index (κ3) is 3.56. The lowest BCUT2D eigenvalue weighted by molar-refractivity contribution is -0.159. The Hall–Kier alpha value is -0.570. The Morgan fingerprint density at radius 1 is 1.00 bits per heavy atom. The average molecular weight is 459 g/mol. The van der Waals surface area contributed by atoms with Gasteiger partial charge >= 0.3 is 5.97 Å². The molecule has 5 fully saturated rings. The van der Waals surface area contributed by atoms with Crippen molar-refractivity contribution < 1.29 is 14.3 Å². The summed E-state index contributed by atoms with van der Waals surface area (Å²) in [7, 11) is 0. The molecule has 33 heavy (non-hydrogen) atoms. The number of fused-ring (bicyclic) bond motifs is 3. The molecule has 1 spiro atoms. The fourth-order valence-electron chi connectivity index (χ4n) is 10.0. The second-order valence-corrected chi connectivity index (χ2v) is 14.0. The predicted octanol–water partition coefficient (Wildman–Crippen LogP) is 7.42. The molecule has 0 amide bonds. The summed E-state index contributed by atoms with van der Waals surface area (Å²) in [4.78, 5) is 11.6. The second-order valence-electron chi connectivity index (χ2n) is 14.0.